The van der Waals surface area contributed by atoms with Crippen LogP contribution in [0.1, 0.15) is 43.0 Å². The number of hydrogen-bond donors (Lipinski definition) is 1. The molecule has 0 spiro atoms. The number of alkyl halides is 2. The Bertz CT molecular complexity index is 672. The van der Waals surface area contributed by atoms with Gasteiger partial charge in [-0.1, -0.05) is 0 Å². The molecule has 1 aromatic carbocycles. The molecular weight excluding hydrogens is 552 g/mol. The van der Waals surface area contributed by atoms with Gasteiger partial charge in [0.05, 0.1) is 3.57 Å². The van der Waals surface area contributed by atoms with E-state index < -0.39 is 29.4 Å². The summed E-state index contributed by atoms with van der Waals surface area (Å²) < 4.78 is 37.6. The van der Waals surface area contributed by atoms with Crippen molar-refractivity contribution in [1.29, 1.82) is 0 Å². The second kappa shape index (κ2) is 7.26. The third-order valence-electron chi connectivity index (χ3n) is 3.71. The first kappa shape index (κ1) is 19.6. The van der Waals surface area contributed by atoms with Crippen molar-refractivity contribution in [3.63, 3.8) is 0 Å². The number of carboxylic acid groups (broad SMARTS) is 1. The predicted octanol–water partition coefficient (Wildman–Crippen LogP) is 4.44. The monoisotopic (exact) mass is 566 g/mol. The van der Waals surface area contributed by atoms with Gasteiger partial charge in [-0.05, 0) is 89.9 Å². The zero-order chi connectivity index (χ0) is 18.1. The number of hydrogen-bond acceptors (Lipinski definition) is 4. The van der Waals surface area contributed by atoms with E-state index in [4.69, 9.17) is 9.84 Å². The first-order valence-corrected chi connectivity index (χ1v) is 9.22. The summed E-state index contributed by atoms with van der Waals surface area (Å²) in [5.74, 6) is -3.72. The van der Waals surface area contributed by atoms with Crippen LogP contribution in [0, 0.1) is 7.14 Å². The molecule has 0 radical (unpaired) electrons. The fraction of sp³-hybridized carbons (Fsp3) is 0.467. The normalized spacial score (nSPS) is 16.7. The Hall–Kier alpha value is -0.720. The lowest BCUT2D eigenvalue weighted by Crippen LogP contribution is -2.36. The van der Waals surface area contributed by atoms with E-state index in [2.05, 4.69) is 4.74 Å². The fourth-order valence-corrected chi connectivity index (χ4v) is 4.45. The van der Waals surface area contributed by atoms with Crippen molar-refractivity contribution in [2.24, 2.45) is 0 Å². The second-order valence-electron chi connectivity index (χ2n) is 5.73. The minimum atomic E-state index is -4.45. The van der Waals surface area contributed by atoms with Crippen molar-refractivity contribution >= 4 is 57.1 Å². The van der Waals surface area contributed by atoms with Crippen LogP contribution in [0.5, 0.6) is 5.75 Å². The van der Waals surface area contributed by atoms with Gasteiger partial charge in [-0.25, -0.2) is 9.59 Å². The highest BCUT2D eigenvalue weighted by Crippen LogP contribution is 2.37. The largest absolute Gasteiger partial charge is 0.501 e. The maximum absolute atomic E-state index is 13.5. The third kappa shape index (κ3) is 4.46. The molecule has 9 heteroatoms. The number of aliphatic carboxylic acids is 1. The van der Waals surface area contributed by atoms with Gasteiger partial charge in [0, 0.05) is 3.57 Å². The van der Waals surface area contributed by atoms with Gasteiger partial charge in [-0.3, -0.25) is 0 Å². The van der Waals surface area contributed by atoms with Crippen LogP contribution in [0.2, 0.25) is 0 Å². The average Bonchev–Trinajstić information content (AvgIpc) is 2.87. The minimum absolute atomic E-state index is 0.198. The van der Waals surface area contributed by atoms with Gasteiger partial charge >= 0.3 is 18.0 Å². The molecule has 0 aromatic heterocycles. The van der Waals surface area contributed by atoms with E-state index in [0.29, 0.717) is 16.4 Å². The fourth-order valence-electron chi connectivity index (χ4n) is 2.49. The van der Waals surface area contributed by atoms with Crippen LogP contribution in [0.4, 0.5) is 8.78 Å². The molecule has 5 nitrogen and oxygen atoms in total. The van der Waals surface area contributed by atoms with Crippen LogP contribution in [0.15, 0.2) is 12.1 Å². The molecule has 2 rings (SSSR count). The zero-order valence-corrected chi connectivity index (χ0v) is 16.9. The second-order valence-corrected chi connectivity index (χ2v) is 8.14. The number of carbonyl (C=O) groups excluding carboxylic acids is 1. The van der Waals surface area contributed by atoms with E-state index in [1.807, 2.05) is 22.6 Å². The van der Waals surface area contributed by atoms with Crippen LogP contribution in [0.25, 0.3) is 0 Å². The van der Waals surface area contributed by atoms with Crippen molar-refractivity contribution in [3.05, 3.63) is 24.8 Å². The molecule has 132 valence electrons. The van der Waals surface area contributed by atoms with Crippen molar-refractivity contribution in [1.82, 2.24) is 0 Å². The maximum Gasteiger partial charge on any atom is 0.501 e. The Labute approximate surface area is 164 Å². The molecule has 1 N–H and O–H groups in total. The molecule has 0 aliphatic heterocycles. The highest BCUT2D eigenvalue weighted by atomic mass is 127. The average molecular weight is 566 g/mol. The van der Waals surface area contributed by atoms with Gasteiger partial charge < -0.3 is 14.6 Å². The van der Waals surface area contributed by atoms with Crippen LogP contribution in [0.3, 0.4) is 0 Å². The molecular formula is C15H14F2I2O5. The van der Waals surface area contributed by atoms with E-state index in [9.17, 15) is 18.4 Å². The molecule has 0 saturated heterocycles. The molecule has 0 bridgehead atoms. The standard InChI is InChI=1S/C15H14F2I2O5/c1-14(4-2-3-5-14)24-12(20)9-6-8(18)7-10(19)11(9)23-15(16,17)13(21)22/h6-7H,2-5H2,1H3,(H,21,22). The van der Waals surface area contributed by atoms with Crippen molar-refractivity contribution < 1.29 is 33.0 Å². The van der Waals surface area contributed by atoms with Gasteiger partial charge in [-0.15, -0.1) is 0 Å². The Balaban J connectivity index is 2.37. The first-order chi connectivity index (χ1) is 11.0. The number of carbonyl (C=O) groups is 2. The molecule has 1 fully saturated rings. The molecule has 0 atom stereocenters. The Morgan fingerprint density at radius 2 is 1.83 bits per heavy atom. The zero-order valence-electron chi connectivity index (χ0n) is 12.6. The summed E-state index contributed by atoms with van der Waals surface area (Å²) in [6, 6.07) is 2.85. The van der Waals surface area contributed by atoms with E-state index in [1.54, 1.807) is 29.5 Å². The highest BCUT2D eigenvalue weighted by Gasteiger charge is 2.44. The lowest BCUT2D eigenvalue weighted by Gasteiger charge is -2.25. The van der Waals surface area contributed by atoms with Crippen molar-refractivity contribution in [2.75, 3.05) is 0 Å². The van der Waals surface area contributed by atoms with Crippen LogP contribution < -0.4 is 4.74 Å². The van der Waals surface area contributed by atoms with E-state index >= 15 is 0 Å². The molecule has 1 saturated carbocycles. The van der Waals surface area contributed by atoms with Gasteiger partial charge in [0.15, 0.2) is 5.75 Å². The molecule has 0 amide bonds. The number of benzene rings is 1. The maximum atomic E-state index is 13.5. The van der Waals surface area contributed by atoms with E-state index in [-0.39, 0.29) is 9.13 Å². The minimum Gasteiger partial charge on any atom is -0.474 e. The number of halogens is 4. The summed E-state index contributed by atoms with van der Waals surface area (Å²) in [7, 11) is 0. The van der Waals surface area contributed by atoms with Gasteiger partial charge in [0.25, 0.3) is 0 Å². The molecule has 0 unspecified atom stereocenters. The number of ether oxygens (including phenoxy) is 2. The topological polar surface area (TPSA) is 72.8 Å². The Kier molecular flexibility index (Phi) is 5.93. The van der Waals surface area contributed by atoms with Gasteiger partial charge in [0.2, 0.25) is 0 Å². The first-order valence-electron chi connectivity index (χ1n) is 7.07. The number of rotatable bonds is 5. The predicted molar refractivity (Wildman–Crippen MR) is 97.4 cm³/mol. The van der Waals surface area contributed by atoms with E-state index in [0.717, 1.165) is 12.8 Å². The number of esters is 1. The molecule has 1 aliphatic carbocycles. The lowest BCUT2D eigenvalue weighted by atomic mass is 10.1. The van der Waals surface area contributed by atoms with Crippen LogP contribution in [-0.4, -0.2) is 28.8 Å². The van der Waals surface area contributed by atoms with E-state index in [1.165, 1.54) is 12.1 Å². The lowest BCUT2D eigenvalue weighted by molar-refractivity contribution is -0.211. The summed E-state index contributed by atoms with van der Waals surface area (Å²) in [6.07, 6.45) is -1.20. The highest BCUT2D eigenvalue weighted by molar-refractivity contribution is 14.1. The van der Waals surface area contributed by atoms with Crippen LogP contribution >= 0.6 is 45.2 Å². The van der Waals surface area contributed by atoms with Gasteiger partial charge in [0.1, 0.15) is 11.2 Å². The third-order valence-corrected chi connectivity index (χ3v) is 5.13. The molecule has 1 aliphatic rings. The summed E-state index contributed by atoms with van der Waals surface area (Å²) in [6.45, 7) is 1.79. The molecule has 24 heavy (non-hydrogen) atoms. The smallest absolute Gasteiger partial charge is 0.474 e. The summed E-state index contributed by atoms with van der Waals surface area (Å²) in [4.78, 5) is 23.1. The quantitative estimate of drug-likeness (QED) is 0.422. The van der Waals surface area contributed by atoms with Crippen molar-refractivity contribution in [2.45, 2.75) is 44.3 Å². The Morgan fingerprint density at radius 1 is 1.25 bits per heavy atom. The van der Waals surface area contributed by atoms with Crippen LogP contribution in [-0.2, 0) is 9.53 Å². The Morgan fingerprint density at radius 3 is 2.38 bits per heavy atom. The molecule has 1 aromatic rings. The molecule has 0 heterocycles. The van der Waals surface area contributed by atoms with Gasteiger partial charge in [-0.2, -0.15) is 8.78 Å². The summed E-state index contributed by atoms with van der Waals surface area (Å²) in [5.41, 5.74) is -0.850. The summed E-state index contributed by atoms with van der Waals surface area (Å²) >= 11 is 3.64. The number of carboxylic acids is 1. The van der Waals surface area contributed by atoms with Crippen molar-refractivity contribution in [3.8, 4) is 5.75 Å². The SMILES string of the molecule is CC1(OC(=O)c2cc(I)cc(I)c2OC(F)(F)C(=O)O)CCCC1. The summed E-state index contributed by atoms with van der Waals surface area (Å²) in [5, 5.41) is 8.55.